The van der Waals surface area contributed by atoms with Gasteiger partial charge in [0.2, 0.25) is 0 Å². The molecule has 0 saturated heterocycles. The first-order chi connectivity index (χ1) is 6.07. The Bertz CT molecular complexity index is 312. The quantitative estimate of drug-likeness (QED) is 0.770. The lowest BCUT2D eigenvalue weighted by atomic mass is 10.1. The molecule has 0 heterocycles. The molecule has 0 unspecified atom stereocenters. The molecular formula is C9H10Cl3N. The zero-order valence-corrected chi connectivity index (χ0v) is 9.63. The fraction of sp³-hybridized carbons (Fsp3) is 0.333. The van der Waals surface area contributed by atoms with Gasteiger partial charge in [0.25, 0.3) is 0 Å². The van der Waals surface area contributed by atoms with E-state index < -0.39 is 0 Å². The van der Waals surface area contributed by atoms with Crippen molar-refractivity contribution in [3.8, 4) is 0 Å². The summed E-state index contributed by atoms with van der Waals surface area (Å²) in [5.74, 6) is 0. The standard InChI is InChI=1S/C9H10Cl3N/c1-5(13-2)8-6(10)3-4-7(11)9(8)12/h3-5,13H,1-2H3/t5-/m1/s1. The second kappa shape index (κ2) is 4.52. The summed E-state index contributed by atoms with van der Waals surface area (Å²) in [4.78, 5) is 0. The smallest absolute Gasteiger partial charge is 0.0654 e. The first-order valence-electron chi connectivity index (χ1n) is 3.88. The third kappa shape index (κ3) is 2.29. The van der Waals surface area contributed by atoms with E-state index in [1.807, 2.05) is 14.0 Å². The van der Waals surface area contributed by atoms with Gasteiger partial charge in [-0.2, -0.15) is 0 Å². The fourth-order valence-corrected chi connectivity index (χ4v) is 1.95. The Hall–Kier alpha value is 0.0500. The molecule has 1 N–H and O–H groups in total. The van der Waals surface area contributed by atoms with Crippen molar-refractivity contribution < 1.29 is 0 Å². The van der Waals surface area contributed by atoms with Gasteiger partial charge in [0, 0.05) is 16.6 Å². The Morgan fingerprint density at radius 3 is 2.23 bits per heavy atom. The molecule has 0 aliphatic carbocycles. The molecule has 0 aliphatic rings. The maximum atomic E-state index is 6.02. The Balaban J connectivity index is 3.25. The highest BCUT2D eigenvalue weighted by Crippen LogP contribution is 2.35. The summed E-state index contributed by atoms with van der Waals surface area (Å²) in [6, 6.07) is 3.54. The molecule has 1 aromatic rings. The summed E-state index contributed by atoms with van der Waals surface area (Å²) in [7, 11) is 1.85. The first kappa shape index (κ1) is 11.1. The average Bonchev–Trinajstić information content (AvgIpc) is 2.12. The molecule has 0 spiro atoms. The van der Waals surface area contributed by atoms with Crippen LogP contribution in [-0.2, 0) is 0 Å². The molecule has 0 bridgehead atoms. The van der Waals surface area contributed by atoms with E-state index in [9.17, 15) is 0 Å². The maximum Gasteiger partial charge on any atom is 0.0654 e. The third-order valence-electron chi connectivity index (χ3n) is 1.95. The lowest BCUT2D eigenvalue weighted by Crippen LogP contribution is -2.13. The van der Waals surface area contributed by atoms with E-state index in [0.717, 1.165) is 5.56 Å². The molecule has 1 aromatic carbocycles. The molecular weight excluding hydrogens is 228 g/mol. The van der Waals surface area contributed by atoms with Crippen molar-refractivity contribution in [2.45, 2.75) is 13.0 Å². The largest absolute Gasteiger partial charge is 0.313 e. The predicted octanol–water partition coefficient (Wildman–Crippen LogP) is 3.93. The van der Waals surface area contributed by atoms with Crippen molar-refractivity contribution >= 4 is 34.8 Å². The maximum absolute atomic E-state index is 6.02. The molecule has 1 nitrogen and oxygen atoms in total. The Kier molecular flexibility index (Phi) is 3.87. The van der Waals surface area contributed by atoms with Crippen molar-refractivity contribution in [3.05, 3.63) is 32.8 Å². The summed E-state index contributed by atoms with van der Waals surface area (Å²) in [5, 5.41) is 4.75. The minimum atomic E-state index is 0.0960. The average molecular weight is 239 g/mol. The topological polar surface area (TPSA) is 12.0 Å². The van der Waals surface area contributed by atoms with E-state index in [1.54, 1.807) is 12.1 Å². The fourth-order valence-electron chi connectivity index (χ4n) is 1.08. The highest BCUT2D eigenvalue weighted by molar-refractivity contribution is 6.44. The molecule has 4 heteroatoms. The van der Waals surface area contributed by atoms with Crippen LogP contribution in [0.2, 0.25) is 15.1 Å². The van der Waals surface area contributed by atoms with E-state index in [1.165, 1.54) is 0 Å². The van der Waals surface area contributed by atoms with Gasteiger partial charge >= 0.3 is 0 Å². The minimum absolute atomic E-state index is 0.0960. The van der Waals surface area contributed by atoms with Gasteiger partial charge in [-0.3, -0.25) is 0 Å². The minimum Gasteiger partial charge on any atom is -0.313 e. The number of hydrogen-bond acceptors (Lipinski definition) is 1. The van der Waals surface area contributed by atoms with Crippen LogP contribution in [-0.4, -0.2) is 7.05 Å². The van der Waals surface area contributed by atoms with Crippen molar-refractivity contribution in [1.29, 1.82) is 0 Å². The van der Waals surface area contributed by atoms with Gasteiger partial charge in [0.15, 0.2) is 0 Å². The second-order valence-corrected chi connectivity index (χ2v) is 3.96. The van der Waals surface area contributed by atoms with Gasteiger partial charge in [-0.15, -0.1) is 0 Å². The van der Waals surface area contributed by atoms with E-state index >= 15 is 0 Å². The van der Waals surface area contributed by atoms with Gasteiger partial charge in [0.1, 0.15) is 0 Å². The van der Waals surface area contributed by atoms with Crippen LogP contribution in [0.25, 0.3) is 0 Å². The van der Waals surface area contributed by atoms with Gasteiger partial charge in [0.05, 0.1) is 10.0 Å². The molecule has 0 aliphatic heterocycles. The van der Waals surface area contributed by atoms with Crippen molar-refractivity contribution in [2.24, 2.45) is 0 Å². The Morgan fingerprint density at radius 1 is 1.15 bits per heavy atom. The highest BCUT2D eigenvalue weighted by atomic mass is 35.5. The van der Waals surface area contributed by atoms with Crippen LogP contribution >= 0.6 is 34.8 Å². The van der Waals surface area contributed by atoms with Crippen molar-refractivity contribution in [3.63, 3.8) is 0 Å². The molecule has 0 amide bonds. The molecule has 0 saturated carbocycles. The van der Waals surface area contributed by atoms with Gasteiger partial charge < -0.3 is 5.32 Å². The van der Waals surface area contributed by atoms with Crippen molar-refractivity contribution in [2.75, 3.05) is 7.05 Å². The molecule has 0 aromatic heterocycles. The lowest BCUT2D eigenvalue weighted by molar-refractivity contribution is 0.653. The summed E-state index contributed by atoms with van der Waals surface area (Å²) in [5.41, 5.74) is 0.846. The SMILES string of the molecule is CN[C@H](C)c1c(Cl)ccc(Cl)c1Cl. The Morgan fingerprint density at radius 2 is 1.69 bits per heavy atom. The monoisotopic (exact) mass is 237 g/mol. The van der Waals surface area contributed by atoms with Crippen LogP contribution in [0.3, 0.4) is 0 Å². The van der Waals surface area contributed by atoms with Crippen LogP contribution in [0.5, 0.6) is 0 Å². The van der Waals surface area contributed by atoms with Crippen LogP contribution < -0.4 is 5.32 Å². The van der Waals surface area contributed by atoms with Gasteiger partial charge in [-0.1, -0.05) is 34.8 Å². The summed E-state index contributed by atoms with van der Waals surface area (Å²) in [6.45, 7) is 1.98. The molecule has 0 radical (unpaired) electrons. The summed E-state index contributed by atoms with van der Waals surface area (Å²) in [6.07, 6.45) is 0. The van der Waals surface area contributed by atoms with Crippen LogP contribution in [0.4, 0.5) is 0 Å². The number of hydrogen-bond donors (Lipinski definition) is 1. The number of rotatable bonds is 2. The van der Waals surface area contributed by atoms with Crippen LogP contribution in [0.15, 0.2) is 12.1 Å². The van der Waals surface area contributed by atoms with E-state index in [4.69, 9.17) is 34.8 Å². The molecule has 1 atom stereocenters. The Labute approximate surface area is 93.0 Å². The first-order valence-corrected chi connectivity index (χ1v) is 5.02. The van der Waals surface area contributed by atoms with Gasteiger partial charge in [-0.05, 0) is 26.1 Å². The van der Waals surface area contributed by atoms with Crippen LogP contribution in [0.1, 0.15) is 18.5 Å². The predicted molar refractivity (Wildman–Crippen MR) is 58.9 cm³/mol. The second-order valence-electron chi connectivity index (χ2n) is 2.77. The highest BCUT2D eigenvalue weighted by Gasteiger charge is 2.14. The zero-order chi connectivity index (χ0) is 10.0. The number of halogens is 3. The summed E-state index contributed by atoms with van der Waals surface area (Å²) < 4.78 is 0. The van der Waals surface area contributed by atoms with E-state index in [-0.39, 0.29) is 6.04 Å². The molecule has 13 heavy (non-hydrogen) atoms. The van der Waals surface area contributed by atoms with E-state index in [0.29, 0.717) is 15.1 Å². The van der Waals surface area contributed by atoms with Crippen LogP contribution in [0, 0.1) is 0 Å². The third-order valence-corrected chi connectivity index (χ3v) is 3.09. The normalized spacial score (nSPS) is 13.0. The molecule has 1 rings (SSSR count). The number of benzene rings is 1. The lowest BCUT2D eigenvalue weighted by Gasteiger charge is -2.15. The molecule has 0 fully saturated rings. The summed E-state index contributed by atoms with van der Waals surface area (Å²) >= 11 is 17.9. The zero-order valence-electron chi connectivity index (χ0n) is 7.37. The number of nitrogens with one attached hydrogen (secondary N) is 1. The van der Waals surface area contributed by atoms with Crippen molar-refractivity contribution in [1.82, 2.24) is 5.32 Å². The van der Waals surface area contributed by atoms with Gasteiger partial charge in [-0.25, -0.2) is 0 Å². The molecule has 72 valence electrons. The van der Waals surface area contributed by atoms with E-state index in [2.05, 4.69) is 5.32 Å².